The van der Waals surface area contributed by atoms with Crippen LogP contribution in [-0.2, 0) is 11.2 Å². The van der Waals surface area contributed by atoms with E-state index in [0.29, 0.717) is 17.9 Å². The molecule has 2 nitrogen and oxygen atoms in total. The maximum absolute atomic E-state index is 6.41. The Morgan fingerprint density at radius 2 is 1.94 bits per heavy atom. The molecule has 2 N–H and O–H groups in total. The molecule has 1 heterocycles. The first-order valence-corrected chi connectivity index (χ1v) is 6.27. The predicted molar refractivity (Wildman–Crippen MR) is 64.4 cm³/mol. The van der Waals surface area contributed by atoms with Crippen molar-refractivity contribution in [3.8, 4) is 0 Å². The van der Waals surface area contributed by atoms with E-state index in [4.69, 9.17) is 10.5 Å². The van der Waals surface area contributed by atoms with Crippen molar-refractivity contribution in [2.45, 2.75) is 31.2 Å². The molecule has 1 aliphatic heterocycles. The highest BCUT2D eigenvalue weighted by atomic mass is 16.5. The Balaban J connectivity index is 1.71. The number of fused-ring (bicyclic) bond motifs is 1. The molecule has 1 saturated heterocycles. The summed E-state index contributed by atoms with van der Waals surface area (Å²) in [5, 5.41) is 0. The second-order valence-electron chi connectivity index (χ2n) is 5.04. The fourth-order valence-corrected chi connectivity index (χ4v) is 3.07. The van der Waals surface area contributed by atoms with Gasteiger partial charge in [0.25, 0.3) is 0 Å². The van der Waals surface area contributed by atoms with Gasteiger partial charge < -0.3 is 10.5 Å². The van der Waals surface area contributed by atoms with E-state index in [9.17, 15) is 0 Å². The SMILES string of the molecule is NC(C1CCOCC1)C1Cc2ccccc21. The van der Waals surface area contributed by atoms with Crippen LogP contribution in [0.5, 0.6) is 0 Å². The molecule has 1 aromatic carbocycles. The van der Waals surface area contributed by atoms with E-state index in [2.05, 4.69) is 24.3 Å². The van der Waals surface area contributed by atoms with Crippen molar-refractivity contribution in [3.05, 3.63) is 35.4 Å². The Morgan fingerprint density at radius 3 is 2.69 bits per heavy atom. The third kappa shape index (κ3) is 1.66. The molecule has 0 saturated carbocycles. The predicted octanol–water partition coefficient (Wildman–Crippen LogP) is 2.08. The Kier molecular flexibility index (Phi) is 2.70. The number of rotatable bonds is 2. The lowest BCUT2D eigenvalue weighted by Gasteiger charge is -2.39. The lowest BCUT2D eigenvalue weighted by molar-refractivity contribution is 0.0542. The van der Waals surface area contributed by atoms with Gasteiger partial charge in [0.15, 0.2) is 0 Å². The molecule has 0 radical (unpaired) electrons. The van der Waals surface area contributed by atoms with Crippen molar-refractivity contribution < 1.29 is 4.74 Å². The number of benzene rings is 1. The normalized spacial score (nSPS) is 26.9. The molecule has 16 heavy (non-hydrogen) atoms. The molecule has 2 atom stereocenters. The van der Waals surface area contributed by atoms with Gasteiger partial charge in [-0.05, 0) is 36.3 Å². The van der Waals surface area contributed by atoms with E-state index in [1.807, 2.05) is 0 Å². The molecule has 3 rings (SSSR count). The van der Waals surface area contributed by atoms with Crippen molar-refractivity contribution in [2.75, 3.05) is 13.2 Å². The number of nitrogens with two attached hydrogens (primary N) is 1. The maximum atomic E-state index is 6.41. The molecule has 1 aromatic rings. The van der Waals surface area contributed by atoms with Gasteiger partial charge in [-0.15, -0.1) is 0 Å². The van der Waals surface area contributed by atoms with Gasteiger partial charge in [-0.1, -0.05) is 24.3 Å². The lowest BCUT2D eigenvalue weighted by Crippen LogP contribution is -2.43. The van der Waals surface area contributed by atoms with Gasteiger partial charge in [0.2, 0.25) is 0 Å². The second kappa shape index (κ2) is 4.19. The Labute approximate surface area is 96.8 Å². The van der Waals surface area contributed by atoms with Crippen LogP contribution in [0.25, 0.3) is 0 Å². The van der Waals surface area contributed by atoms with Crippen LogP contribution in [0.2, 0.25) is 0 Å². The number of hydrogen-bond donors (Lipinski definition) is 1. The summed E-state index contributed by atoms with van der Waals surface area (Å²) < 4.78 is 5.40. The fraction of sp³-hybridized carbons (Fsp3) is 0.571. The van der Waals surface area contributed by atoms with Gasteiger partial charge >= 0.3 is 0 Å². The first kappa shape index (κ1) is 10.3. The summed E-state index contributed by atoms with van der Waals surface area (Å²) in [7, 11) is 0. The molecule has 1 aliphatic carbocycles. The van der Waals surface area contributed by atoms with E-state index >= 15 is 0 Å². The van der Waals surface area contributed by atoms with E-state index in [1.54, 1.807) is 0 Å². The minimum absolute atomic E-state index is 0.332. The third-order valence-electron chi connectivity index (χ3n) is 4.17. The largest absolute Gasteiger partial charge is 0.381 e. The highest BCUT2D eigenvalue weighted by Crippen LogP contribution is 2.40. The molecule has 0 amide bonds. The molecule has 1 fully saturated rings. The van der Waals surface area contributed by atoms with Crippen LogP contribution >= 0.6 is 0 Å². The standard InChI is InChI=1S/C14H19NO/c15-14(10-5-7-16-8-6-10)13-9-11-3-1-2-4-12(11)13/h1-4,10,13-14H,5-9,15H2. The zero-order valence-corrected chi connectivity index (χ0v) is 9.56. The lowest BCUT2D eigenvalue weighted by atomic mass is 9.69. The van der Waals surface area contributed by atoms with Crippen LogP contribution < -0.4 is 5.73 Å². The van der Waals surface area contributed by atoms with Crippen LogP contribution in [0.1, 0.15) is 29.9 Å². The topological polar surface area (TPSA) is 35.2 Å². The van der Waals surface area contributed by atoms with Crippen LogP contribution in [0.4, 0.5) is 0 Å². The van der Waals surface area contributed by atoms with Crippen LogP contribution in [0.3, 0.4) is 0 Å². The molecule has 2 aliphatic rings. The van der Waals surface area contributed by atoms with E-state index < -0.39 is 0 Å². The zero-order valence-electron chi connectivity index (χ0n) is 9.56. The Morgan fingerprint density at radius 1 is 1.19 bits per heavy atom. The highest BCUT2D eigenvalue weighted by molar-refractivity contribution is 5.41. The summed E-state index contributed by atoms with van der Waals surface area (Å²) in [5.74, 6) is 1.26. The van der Waals surface area contributed by atoms with Crippen LogP contribution in [0, 0.1) is 5.92 Å². The van der Waals surface area contributed by atoms with Crippen molar-refractivity contribution in [3.63, 3.8) is 0 Å². The van der Waals surface area contributed by atoms with E-state index in [-0.39, 0.29) is 0 Å². The molecule has 86 valence electrons. The molecule has 2 heteroatoms. The minimum atomic E-state index is 0.332. The van der Waals surface area contributed by atoms with Gasteiger partial charge in [0, 0.05) is 25.2 Å². The number of ether oxygens (including phenoxy) is 1. The van der Waals surface area contributed by atoms with Gasteiger partial charge in [-0.25, -0.2) is 0 Å². The molecule has 0 spiro atoms. The molecule has 2 unspecified atom stereocenters. The van der Waals surface area contributed by atoms with Crippen molar-refractivity contribution in [1.82, 2.24) is 0 Å². The van der Waals surface area contributed by atoms with Gasteiger partial charge in [-0.2, -0.15) is 0 Å². The monoisotopic (exact) mass is 217 g/mol. The van der Waals surface area contributed by atoms with Gasteiger partial charge in [0.1, 0.15) is 0 Å². The first-order valence-electron chi connectivity index (χ1n) is 6.27. The smallest absolute Gasteiger partial charge is 0.0469 e. The van der Waals surface area contributed by atoms with Crippen LogP contribution in [-0.4, -0.2) is 19.3 Å². The molecular weight excluding hydrogens is 198 g/mol. The number of hydrogen-bond acceptors (Lipinski definition) is 2. The third-order valence-corrected chi connectivity index (χ3v) is 4.17. The zero-order chi connectivity index (χ0) is 11.0. The minimum Gasteiger partial charge on any atom is -0.381 e. The maximum Gasteiger partial charge on any atom is 0.0469 e. The quantitative estimate of drug-likeness (QED) is 0.823. The summed E-state index contributed by atoms with van der Waals surface area (Å²) >= 11 is 0. The van der Waals surface area contributed by atoms with Crippen LogP contribution in [0.15, 0.2) is 24.3 Å². The van der Waals surface area contributed by atoms with Crippen molar-refractivity contribution in [2.24, 2.45) is 11.7 Å². The summed E-state index contributed by atoms with van der Waals surface area (Å²) in [6.07, 6.45) is 3.45. The summed E-state index contributed by atoms with van der Waals surface area (Å²) in [5.41, 5.74) is 9.40. The van der Waals surface area contributed by atoms with Gasteiger partial charge in [-0.3, -0.25) is 0 Å². The summed E-state index contributed by atoms with van der Waals surface area (Å²) in [4.78, 5) is 0. The summed E-state index contributed by atoms with van der Waals surface area (Å²) in [6.45, 7) is 1.79. The van der Waals surface area contributed by atoms with E-state index in [0.717, 1.165) is 26.1 Å². The average molecular weight is 217 g/mol. The molecular formula is C14H19NO. The molecule has 0 bridgehead atoms. The van der Waals surface area contributed by atoms with Crippen molar-refractivity contribution >= 4 is 0 Å². The summed E-state index contributed by atoms with van der Waals surface area (Å²) in [6, 6.07) is 9.04. The second-order valence-corrected chi connectivity index (χ2v) is 5.04. The Bertz CT molecular complexity index is 371. The first-order chi connectivity index (χ1) is 7.86. The highest BCUT2D eigenvalue weighted by Gasteiger charge is 2.35. The van der Waals surface area contributed by atoms with Crippen molar-refractivity contribution in [1.29, 1.82) is 0 Å². The van der Waals surface area contributed by atoms with E-state index in [1.165, 1.54) is 17.5 Å². The molecule has 0 aromatic heterocycles. The van der Waals surface area contributed by atoms with Gasteiger partial charge in [0.05, 0.1) is 0 Å². The fourth-order valence-electron chi connectivity index (χ4n) is 3.07. The Hall–Kier alpha value is -0.860. The average Bonchev–Trinajstić information content (AvgIpc) is 2.32.